The van der Waals surface area contributed by atoms with Crippen LogP contribution < -0.4 is 19.5 Å². The molecule has 0 radical (unpaired) electrons. The van der Waals surface area contributed by atoms with E-state index in [1.54, 1.807) is 3.58 Å². The van der Waals surface area contributed by atoms with Crippen LogP contribution >= 0.6 is 7.92 Å². The van der Waals surface area contributed by atoms with E-state index in [0.29, 0.717) is 0 Å². The average molecular weight is 411 g/mol. The van der Waals surface area contributed by atoms with Crippen LogP contribution in [0.15, 0.2) is 84.9 Å². The second kappa shape index (κ2) is 7.44. The van der Waals surface area contributed by atoms with E-state index in [9.17, 15) is 0 Å². The van der Waals surface area contributed by atoms with E-state index in [-0.39, 0.29) is 0 Å². The number of benzene rings is 3. The van der Waals surface area contributed by atoms with Gasteiger partial charge in [-0.05, 0) is 0 Å². The Morgan fingerprint density at radius 3 is 1.36 bits per heavy atom. The van der Waals surface area contributed by atoms with Crippen molar-refractivity contribution in [3.63, 3.8) is 0 Å². The zero-order valence-electron chi connectivity index (χ0n) is 13.1. The summed E-state index contributed by atoms with van der Waals surface area (Å²) in [6.07, 6.45) is 0. The van der Waals surface area contributed by atoms with Gasteiger partial charge in [-0.2, -0.15) is 0 Å². The monoisotopic (exact) mass is 412 g/mol. The van der Waals surface area contributed by atoms with Crippen LogP contribution in [-0.2, 0) is 0 Å². The Morgan fingerprint density at radius 1 is 0.545 bits per heavy atom. The molecule has 0 heterocycles. The normalized spacial score (nSPS) is 11.1. The maximum atomic E-state index is 2.45. The molecular weight excluding hydrogens is 390 g/mol. The van der Waals surface area contributed by atoms with Crippen molar-refractivity contribution >= 4 is 47.2 Å². The first-order chi connectivity index (χ1) is 10.8. The SMILES string of the molecule is [CH3][SnH]([CH3])[c]1ccc(P(c2ccccc2)c2ccccc2)cc1. The molecule has 0 unspecified atom stereocenters. The number of rotatable bonds is 4. The summed E-state index contributed by atoms with van der Waals surface area (Å²) in [6, 6.07) is 31.3. The first-order valence-electron chi connectivity index (χ1n) is 7.76. The molecule has 3 aromatic rings. The molecule has 0 nitrogen and oxygen atoms in total. The van der Waals surface area contributed by atoms with Gasteiger partial charge in [0.1, 0.15) is 0 Å². The summed E-state index contributed by atoms with van der Waals surface area (Å²) < 4.78 is 1.61. The van der Waals surface area contributed by atoms with Gasteiger partial charge in [-0.15, -0.1) is 0 Å². The molecule has 3 aromatic carbocycles. The van der Waals surface area contributed by atoms with Crippen LogP contribution in [-0.4, -0.2) is 19.8 Å². The predicted molar refractivity (Wildman–Crippen MR) is 104 cm³/mol. The number of hydrogen-bond donors (Lipinski definition) is 0. The third-order valence-electron chi connectivity index (χ3n) is 3.85. The van der Waals surface area contributed by atoms with Crippen molar-refractivity contribution in [2.24, 2.45) is 0 Å². The molecule has 2 heteroatoms. The van der Waals surface area contributed by atoms with Crippen LogP contribution in [0.3, 0.4) is 0 Å². The van der Waals surface area contributed by atoms with Gasteiger partial charge in [-0.3, -0.25) is 0 Å². The minimum absolute atomic E-state index is 0.454. The van der Waals surface area contributed by atoms with E-state index >= 15 is 0 Å². The van der Waals surface area contributed by atoms with Crippen molar-refractivity contribution in [1.29, 1.82) is 0 Å². The third-order valence-corrected chi connectivity index (χ3v) is 11.2. The molecule has 0 aliphatic carbocycles. The van der Waals surface area contributed by atoms with Crippen molar-refractivity contribution in [2.45, 2.75) is 9.88 Å². The van der Waals surface area contributed by atoms with Crippen molar-refractivity contribution in [3.8, 4) is 0 Å². The minimum atomic E-state index is -1.39. The van der Waals surface area contributed by atoms with Crippen LogP contribution in [0.5, 0.6) is 0 Å². The Hall–Kier alpha value is -1.11. The molecule has 0 amide bonds. The van der Waals surface area contributed by atoms with Crippen LogP contribution in [0, 0.1) is 0 Å². The molecule has 22 heavy (non-hydrogen) atoms. The fourth-order valence-electron chi connectivity index (χ4n) is 2.61. The van der Waals surface area contributed by atoms with Crippen molar-refractivity contribution in [3.05, 3.63) is 84.9 Å². The van der Waals surface area contributed by atoms with Crippen LogP contribution in [0.2, 0.25) is 9.88 Å². The van der Waals surface area contributed by atoms with Gasteiger partial charge in [-0.1, -0.05) is 0 Å². The fourth-order valence-corrected chi connectivity index (χ4v) is 7.64. The van der Waals surface area contributed by atoms with Gasteiger partial charge in [0.2, 0.25) is 0 Å². The molecule has 0 bridgehead atoms. The molecule has 0 spiro atoms. The van der Waals surface area contributed by atoms with Gasteiger partial charge >= 0.3 is 142 Å². The van der Waals surface area contributed by atoms with E-state index in [1.165, 1.54) is 15.9 Å². The van der Waals surface area contributed by atoms with Crippen molar-refractivity contribution in [1.82, 2.24) is 0 Å². The number of hydrogen-bond acceptors (Lipinski definition) is 0. The van der Waals surface area contributed by atoms with E-state index in [4.69, 9.17) is 0 Å². The third kappa shape index (κ3) is 3.62. The first kappa shape index (κ1) is 15.8. The standard InChI is InChI=1S/C18H14P.2CH3.Sn.H/c1-4-10-16(11-5-1)19(17-12-6-2-7-13-17)18-14-8-3-9-15-18;;;;/h1-2,4-15H;2*1H3;;. The Balaban J connectivity index is 2.06. The van der Waals surface area contributed by atoms with E-state index < -0.39 is 27.7 Å². The van der Waals surface area contributed by atoms with Crippen LogP contribution in [0.1, 0.15) is 0 Å². The van der Waals surface area contributed by atoms with Gasteiger partial charge < -0.3 is 0 Å². The second-order valence-corrected chi connectivity index (χ2v) is 16.5. The fraction of sp³-hybridized carbons (Fsp3) is 0.100. The predicted octanol–water partition coefficient (Wildman–Crippen LogP) is 3.14. The zero-order chi connectivity index (χ0) is 15.4. The van der Waals surface area contributed by atoms with Gasteiger partial charge in [-0.25, -0.2) is 0 Å². The molecule has 0 N–H and O–H groups in total. The average Bonchev–Trinajstić information content (AvgIpc) is 2.57. The molecule has 0 saturated heterocycles. The summed E-state index contributed by atoms with van der Waals surface area (Å²) in [5.74, 6) is 0. The maximum absolute atomic E-state index is 2.45. The van der Waals surface area contributed by atoms with Crippen LogP contribution in [0.4, 0.5) is 0 Å². The molecule has 0 atom stereocenters. The molecule has 110 valence electrons. The summed E-state index contributed by atoms with van der Waals surface area (Å²) in [5.41, 5.74) is 0. The summed E-state index contributed by atoms with van der Waals surface area (Å²) in [4.78, 5) is 4.90. The Labute approximate surface area is 141 Å². The second-order valence-electron chi connectivity index (χ2n) is 5.75. The Morgan fingerprint density at radius 2 is 0.955 bits per heavy atom. The topological polar surface area (TPSA) is 0 Å². The summed E-state index contributed by atoms with van der Waals surface area (Å²) >= 11 is -1.39. The van der Waals surface area contributed by atoms with Crippen molar-refractivity contribution < 1.29 is 0 Å². The van der Waals surface area contributed by atoms with Gasteiger partial charge in [0.25, 0.3) is 0 Å². The quantitative estimate of drug-likeness (QED) is 0.458. The van der Waals surface area contributed by atoms with Crippen LogP contribution in [0.25, 0.3) is 0 Å². The van der Waals surface area contributed by atoms with Gasteiger partial charge in [0, 0.05) is 0 Å². The summed E-state index contributed by atoms with van der Waals surface area (Å²) in [5, 5.41) is 4.29. The van der Waals surface area contributed by atoms with Gasteiger partial charge in [0.15, 0.2) is 0 Å². The van der Waals surface area contributed by atoms with Crippen molar-refractivity contribution in [2.75, 3.05) is 0 Å². The van der Waals surface area contributed by atoms with E-state index in [0.717, 1.165) is 0 Å². The van der Waals surface area contributed by atoms with E-state index in [1.807, 2.05) is 0 Å². The molecule has 0 aliphatic heterocycles. The summed E-state index contributed by atoms with van der Waals surface area (Å²) in [6.45, 7) is 0. The zero-order valence-corrected chi connectivity index (χ0v) is 17.3. The van der Waals surface area contributed by atoms with Gasteiger partial charge in [0.05, 0.1) is 0 Å². The molecule has 0 aliphatic rings. The molecule has 0 fully saturated rings. The molecule has 3 rings (SSSR count). The first-order valence-corrected chi connectivity index (χ1v) is 17.3. The Bertz CT molecular complexity index is 666. The summed E-state index contributed by atoms with van der Waals surface area (Å²) in [7, 11) is -0.454. The molecule has 0 saturated carbocycles. The molecular formula is C20H21PSn. The van der Waals surface area contributed by atoms with E-state index in [2.05, 4.69) is 94.8 Å². The molecule has 0 aromatic heterocycles. The Kier molecular flexibility index (Phi) is 5.33.